The molecule has 0 amide bonds. The Morgan fingerprint density at radius 3 is 2.15 bits per heavy atom. The van der Waals surface area contributed by atoms with Crippen LogP contribution < -0.4 is 81.4 Å². The Morgan fingerprint density at radius 2 is 1.43 bits per heavy atom. The molecule has 40 heavy (non-hydrogen) atoms. The van der Waals surface area contributed by atoms with Crippen LogP contribution in [0.3, 0.4) is 0 Å². The normalized spacial score (nSPS) is 14.4. The Balaban J connectivity index is 0.00000267. The first kappa shape index (κ1) is 37.8. The van der Waals surface area contributed by atoms with Crippen molar-refractivity contribution < 1.29 is 85.5 Å². The van der Waals surface area contributed by atoms with E-state index in [0.717, 1.165) is 22.1 Å². The molecule has 9 heteroatoms. The molecule has 0 unspecified atom stereocenters. The molecule has 4 nitrogen and oxygen atoms in total. The second-order valence-electron chi connectivity index (χ2n) is 11.8. The van der Waals surface area contributed by atoms with E-state index in [2.05, 4.69) is 131 Å². The van der Waals surface area contributed by atoms with E-state index in [1.54, 1.807) is 0 Å². The van der Waals surface area contributed by atoms with Gasteiger partial charge in [0.25, 0.3) is 5.01 Å². The first-order valence-corrected chi connectivity index (χ1v) is 14.9. The van der Waals surface area contributed by atoms with Crippen LogP contribution >= 0.6 is 23.1 Å². The van der Waals surface area contributed by atoms with Gasteiger partial charge in [0.15, 0.2) is 6.54 Å². The molecule has 0 aliphatic carbocycles. The van der Waals surface area contributed by atoms with E-state index in [1.807, 2.05) is 23.1 Å². The molecule has 0 N–H and O–H groups in total. The van der Waals surface area contributed by atoms with Gasteiger partial charge < -0.3 is 85.8 Å². The number of quaternary nitrogens is 2. The van der Waals surface area contributed by atoms with Crippen molar-refractivity contribution in [1.29, 1.82) is 0 Å². The summed E-state index contributed by atoms with van der Waals surface area (Å²) in [5, 5.41) is 2.62. The number of rotatable bonds is 11. The minimum Gasteiger partial charge on any atom is -1.00 e. The number of hydrogen-bond acceptors (Lipinski definition) is 3. The topological polar surface area (TPSA) is 7.12 Å². The SMILES string of the molecule is C[N+](C)(C)CCCN1C(=CC=CC=Cc2sc3ccccc3[n+]2CCC[N+](C)(C)C)Sc2ccccc21.[I-].[I-].[I-]. The van der Waals surface area contributed by atoms with Gasteiger partial charge in [0.1, 0.15) is 4.70 Å². The first-order valence-electron chi connectivity index (χ1n) is 13.2. The van der Waals surface area contributed by atoms with Gasteiger partial charge >= 0.3 is 0 Å². The maximum Gasteiger partial charge on any atom is 0.262 e. The van der Waals surface area contributed by atoms with Crippen molar-refractivity contribution in [3.05, 3.63) is 82.9 Å². The van der Waals surface area contributed by atoms with Crippen molar-refractivity contribution >= 4 is 45.1 Å². The van der Waals surface area contributed by atoms with Crippen molar-refractivity contribution in [2.75, 3.05) is 66.8 Å². The summed E-state index contributed by atoms with van der Waals surface area (Å²) in [5.74, 6) is 0. The predicted octanol–water partition coefficient (Wildman–Crippen LogP) is -2.58. The van der Waals surface area contributed by atoms with E-state index in [-0.39, 0.29) is 71.9 Å². The zero-order chi connectivity index (χ0) is 26.5. The Kier molecular flexibility index (Phi) is 16.3. The van der Waals surface area contributed by atoms with E-state index < -0.39 is 0 Å². The van der Waals surface area contributed by atoms with Gasteiger partial charge in [-0.15, -0.1) is 0 Å². The number of aryl methyl sites for hydroxylation is 1. The summed E-state index contributed by atoms with van der Waals surface area (Å²) in [4.78, 5) is 3.83. The van der Waals surface area contributed by atoms with Crippen molar-refractivity contribution in [2.24, 2.45) is 0 Å². The molecule has 0 spiro atoms. The third-order valence-corrected chi connectivity index (χ3v) is 8.66. The number of anilines is 1. The van der Waals surface area contributed by atoms with Crippen molar-refractivity contribution in [1.82, 2.24) is 0 Å². The van der Waals surface area contributed by atoms with Crippen molar-refractivity contribution in [3.8, 4) is 0 Å². The van der Waals surface area contributed by atoms with Gasteiger partial charge in [-0.1, -0.05) is 65.6 Å². The number of benzene rings is 2. The number of para-hydroxylation sites is 2. The summed E-state index contributed by atoms with van der Waals surface area (Å²) in [5.41, 5.74) is 2.67. The number of allylic oxidation sites excluding steroid dienone is 4. The largest absolute Gasteiger partial charge is 1.00 e. The smallest absolute Gasteiger partial charge is 0.262 e. The quantitative estimate of drug-likeness (QED) is 0.0905. The van der Waals surface area contributed by atoms with Crippen LogP contribution in [0.4, 0.5) is 5.69 Å². The molecule has 1 aromatic heterocycles. The minimum atomic E-state index is 0. The van der Waals surface area contributed by atoms with Crippen LogP contribution in [-0.2, 0) is 6.54 Å². The second-order valence-corrected chi connectivity index (χ2v) is 13.9. The Hall–Kier alpha value is -0.190. The van der Waals surface area contributed by atoms with Crippen molar-refractivity contribution in [2.45, 2.75) is 24.3 Å². The summed E-state index contributed by atoms with van der Waals surface area (Å²) in [6.45, 7) is 4.42. The average Bonchev–Trinajstić information content (AvgIpc) is 3.35. The molecule has 1 aliphatic rings. The van der Waals surface area contributed by atoms with E-state index in [9.17, 15) is 0 Å². The fourth-order valence-corrected chi connectivity index (χ4v) is 6.76. The lowest BCUT2D eigenvalue weighted by Gasteiger charge is -2.26. The molecule has 2 heterocycles. The number of fused-ring (bicyclic) bond motifs is 2. The van der Waals surface area contributed by atoms with Gasteiger partial charge in [0, 0.05) is 30.0 Å². The molecular weight excluding hydrogens is 873 g/mol. The monoisotopic (exact) mass is 916 g/mol. The average molecular weight is 917 g/mol. The zero-order valence-electron chi connectivity index (χ0n) is 24.5. The summed E-state index contributed by atoms with van der Waals surface area (Å²) in [6, 6.07) is 17.5. The van der Waals surface area contributed by atoms with Crippen LogP contribution in [0.1, 0.15) is 17.8 Å². The highest BCUT2D eigenvalue weighted by atomic mass is 127. The van der Waals surface area contributed by atoms with E-state index >= 15 is 0 Å². The van der Waals surface area contributed by atoms with Crippen LogP contribution in [0.15, 0.2) is 82.8 Å². The summed E-state index contributed by atoms with van der Waals surface area (Å²) in [7, 11) is 13.6. The zero-order valence-corrected chi connectivity index (χ0v) is 32.6. The molecule has 2 aromatic carbocycles. The molecule has 0 saturated carbocycles. The van der Waals surface area contributed by atoms with E-state index in [1.165, 1.54) is 56.8 Å². The van der Waals surface area contributed by atoms with E-state index in [0.29, 0.717) is 0 Å². The third-order valence-electron chi connectivity index (χ3n) is 6.39. The summed E-state index contributed by atoms with van der Waals surface area (Å²) in [6.07, 6.45) is 13.4. The van der Waals surface area contributed by atoms with Gasteiger partial charge in [0.05, 0.1) is 72.5 Å². The molecule has 0 fully saturated rings. The van der Waals surface area contributed by atoms with Crippen molar-refractivity contribution in [3.63, 3.8) is 0 Å². The standard InChI is InChI=1S/C31H43N4S2.3HI/c1-34(2,3)24-14-22-32-26-16-10-12-18-28(26)36-30(32)20-8-7-9-21-31-33(23-15-25-35(4,5)6)27-17-11-13-19-29(27)37-31;;;/h7-13,16-21H,14-15,22-25H2,1-6H3;3*1H/q+3;;;/p-3. The molecule has 4 rings (SSSR count). The maximum atomic E-state index is 2.48. The van der Waals surface area contributed by atoms with Gasteiger partial charge in [0.2, 0.25) is 5.52 Å². The molecule has 0 radical (unpaired) electrons. The highest BCUT2D eigenvalue weighted by Gasteiger charge is 2.24. The maximum absolute atomic E-state index is 2.48. The van der Waals surface area contributed by atoms with Gasteiger partial charge in [-0.3, -0.25) is 0 Å². The number of halogens is 3. The highest BCUT2D eigenvalue weighted by Crippen LogP contribution is 2.45. The lowest BCUT2D eigenvalue weighted by molar-refractivity contribution is -0.873. The lowest BCUT2D eigenvalue weighted by atomic mass is 10.2. The number of nitrogens with zero attached hydrogens (tertiary/aromatic N) is 4. The molecular formula is C31H43I3N4S2. The van der Waals surface area contributed by atoms with Crippen LogP contribution in [0.25, 0.3) is 16.3 Å². The fourth-order valence-electron chi connectivity index (χ4n) is 4.56. The number of thioether (sulfide) groups is 1. The molecule has 3 aromatic rings. The van der Waals surface area contributed by atoms with Crippen LogP contribution in [0.5, 0.6) is 0 Å². The Bertz CT molecular complexity index is 1300. The van der Waals surface area contributed by atoms with Crippen LogP contribution in [-0.4, -0.2) is 70.9 Å². The summed E-state index contributed by atoms with van der Waals surface area (Å²) < 4.78 is 5.83. The minimum absolute atomic E-state index is 0. The number of aromatic nitrogens is 1. The molecule has 0 saturated heterocycles. The first-order chi connectivity index (χ1) is 17.6. The van der Waals surface area contributed by atoms with Crippen LogP contribution in [0, 0.1) is 0 Å². The third kappa shape index (κ3) is 11.1. The fraction of sp³-hybridized carbons (Fsp3) is 0.387. The van der Waals surface area contributed by atoms with Gasteiger partial charge in [-0.05, 0) is 24.3 Å². The molecule has 0 atom stereocenters. The number of hydrogen-bond donors (Lipinski definition) is 0. The molecule has 1 aliphatic heterocycles. The van der Waals surface area contributed by atoms with Gasteiger partial charge in [-0.25, -0.2) is 0 Å². The lowest BCUT2D eigenvalue weighted by Crippen LogP contribution is -3.00. The molecule has 0 bridgehead atoms. The summed E-state index contributed by atoms with van der Waals surface area (Å²) >= 11 is 3.75. The second kappa shape index (κ2) is 17.2. The Morgan fingerprint density at radius 1 is 0.775 bits per heavy atom. The predicted molar refractivity (Wildman–Crippen MR) is 163 cm³/mol. The van der Waals surface area contributed by atoms with Crippen LogP contribution in [0.2, 0.25) is 0 Å². The highest BCUT2D eigenvalue weighted by molar-refractivity contribution is 8.03. The molecule has 220 valence electrons. The van der Waals surface area contributed by atoms with Gasteiger partial charge in [-0.2, -0.15) is 4.57 Å². The Labute approximate surface area is 301 Å². The number of thiazole rings is 1. The van der Waals surface area contributed by atoms with E-state index in [4.69, 9.17) is 0 Å².